The van der Waals surface area contributed by atoms with Crippen molar-refractivity contribution in [2.24, 2.45) is 0 Å². The second kappa shape index (κ2) is 12.9. The van der Waals surface area contributed by atoms with Gasteiger partial charge in [0.15, 0.2) is 11.6 Å². The Hall–Kier alpha value is -3.65. The van der Waals surface area contributed by atoms with E-state index in [-0.39, 0.29) is 16.6 Å². The third-order valence-electron chi connectivity index (χ3n) is 7.37. The Balaban J connectivity index is 1.49. The lowest BCUT2D eigenvalue weighted by molar-refractivity contribution is 0.0914. The minimum Gasteiger partial charge on any atom is -0.405 e. The summed E-state index contributed by atoms with van der Waals surface area (Å²) in [6.45, 7) is 13.5. The first-order valence-corrected chi connectivity index (χ1v) is 16.0. The largest absolute Gasteiger partial charge is 0.405 e. The molecule has 0 amide bonds. The number of imidazole rings is 1. The van der Waals surface area contributed by atoms with Crippen molar-refractivity contribution in [3.63, 3.8) is 0 Å². The van der Waals surface area contributed by atoms with E-state index in [4.69, 9.17) is 9.16 Å². The summed E-state index contributed by atoms with van der Waals surface area (Å²) < 4.78 is 14.9. The zero-order valence-corrected chi connectivity index (χ0v) is 25.9. The Bertz CT molecular complexity index is 1450. The SMILES string of the molecule is CC(=O)c1cn(CCOCCO[Si](c2ccccc2)(c2ccccc2)C(C)(C)C)c(-c2ccc(C)cc2C(C)=O)n1. The summed E-state index contributed by atoms with van der Waals surface area (Å²) in [5.74, 6) is 0.424. The maximum absolute atomic E-state index is 12.4. The lowest BCUT2D eigenvalue weighted by Gasteiger charge is -2.43. The van der Waals surface area contributed by atoms with Crippen LogP contribution in [0.25, 0.3) is 11.4 Å². The first-order chi connectivity index (χ1) is 19.5. The van der Waals surface area contributed by atoms with Gasteiger partial charge in [-0.05, 0) is 35.3 Å². The number of hydrogen-bond acceptors (Lipinski definition) is 5. The van der Waals surface area contributed by atoms with Crippen LogP contribution in [0.5, 0.6) is 0 Å². The number of rotatable bonds is 12. The van der Waals surface area contributed by atoms with Crippen molar-refractivity contribution in [3.8, 4) is 11.4 Å². The third-order valence-corrected chi connectivity index (χ3v) is 12.4. The van der Waals surface area contributed by atoms with Crippen LogP contribution in [-0.2, 0) is 15.7 Å². The number of nitrogens with zero attached hydrogens (tertiary/aromatic N) is 2. The van der Waals surface area contributed by atoms with Crippen LogP contribution in [0.3, 0.4) is 0 Å². The number of hydrogen-bond donors (Lipinski definition) is 0. The third kappa shape index (κ3) is 6.64. The molecule has 41 heavy (non-hydrogen) atoms. The van der Waals surface area contributed by atoms with Gasteiger partial charge in [-0.1, -0.05) is 99.1 Å². The summed E-state index contributed by atoms with van der Waals surface area (Å²) in [7, 11) is -2.62. The molecular weight excluding hydrogens is 528 g/mol. The van der Waals surface area contributed by atoms with Gasteiger partial charge < -0.3 is 13.7 Å². The number of Topliss-reactive ketones (excluding diaryl/α,β-unsaturated/α-hetero) is 2. The average Bonchev–Trinajstić information content (AvgIpc) is 3.37. The Kier molecular flexibility index (Phi) is 9.53. The summed E-state index contributed by atoms with van der Waals surface area (Å²) in [5, 5.41) is 2.36. The van der Waals surface area contributed by atoms with Gasteiger partial charge in [0, 0.05) is 30.8 Å². The quantitative estimate of drug-likeness (QED) is 0.122. The second-order valence-corrected chi connectivity index (χ2v) is 15.7. The molecular formula is C34H40N2O4Si. The zero-order valence-electron chi connectivity index (χ0n) is 24.9. The molecule has 0 N–H and O–H groups in total. The minimum atomic E-state index is -2.62. The minimum absolute atomic E-state index is 0.0423. The molecule has 3 aromatic carbocycles. The molecule has 4 rings (SSSR count). The first kappa shape index (κ1) is 30.3. The number of aryl methyl sites for hydroxylation is 1. The molecule has 0 unspecified atom stereocenters. The fourth-order valence-electron chi connectivity index (χ4n) is 5.40. The molecule has 0 aliphatic carbocycles. The van der Waals surface area contributed by atoms with Gasteiger partial charge in [-0.25, -0.2) is 4.98 Å². The molecule has 0 atom stereocenters. The highest BCUT2D eigenvalue weighted by Gasteiger charge is 2.50. The van der Waals surface area contributed by atoms with E-state index in [0.29, 0.717) is 49.0 Å². The number of ketones is 2. The Morgan fingerprint density at radius 3 is 1.98 bits per heavy atom. The van der Waals surface area contributed by atoms with Gasteiger partial charge in [0.1, 0.15) is 11.5 Å². The molecule has 4 aromatic rings. The number of carbonyl (C=O) groups is 2. The molecule has 1 aromatic heterocycles. The molecule has 6 nitrogen and oxygen atoms in total. The monoisotopic (exact) mass is 568 g/mol. The van der Waals surface area contributed by atoms with E-state index in [9.17, 15) is 9.59 Å². The van der Waals surface area contributed by atoms with Gasteiger partial charge in [0.05, 0.1) is 19.8 Å². The molecule has 0 aliphatic heterocycles. The topological polar surface area (TPSA) is 70.4 Å². The first-order valence-electron chi connectivity index (χ1n) is 14.1. The molecule has 214 valence electrons. The molecule has 0 spiro atoms. The highest BCUT2D eigenvalue weighted by Crippen LogP contribution is 2.36. The molecule has 0 fully saturated rings. The van der Waals surface area contributed by atoms with Crippen LogP contribution < -0.4 is 10.4 Å². The fourth-order valence-corrected chi connectivity index (χ4v) is 9.94. The Labute approximate surface area is 244 Å². The van der Waals surface area contributed by atoms with Gasteiger partial charge in [-0.3, -0.25) is 9.59 Å². The zero-order chi connectivity index (χ0) is 29.6. The van der Waals surface area contributed by atoms with E-state index in [2.05, 4.69) is 74.3 Å². The summed E-state index contributed by atoms with van der Waals surface area (Å²) >= 11 is 0. The van der Waals surface area contributed by atoms with Crippen molar-refractivity contribution < 1.29 is 18.8 Å². The maximum atomic E-state index is 12.4. The van der Waals surface area contributed by atoms with Crippen LogP contribution in [0.4, 0.5) is 0 Å². The predicted molar refractivity (Wildman–Crippen MR) is 167 cm³/mol. The normalized spacial score (nSPS) is 12.0. The highest BCUT2D eigenvalue weighted by molar-refractivity contribution is 6.99. The van der Waals surface area contributed by atoms with Crippen molar-refractivity contribution in [1.82, 2.24) is 9.55 Å². The highest BCUT2D eigenvalue weighted by atomic mass is 28.4. The fraction of sp³-hybridized carbons (Fsp3) is 0.324. The van der Waals surface area contributed by atoms with E-state index in [0.717, 1.165) is 5.56 Å². The van der Waals surface area contributed by atoms with Gasteiger partial charge in [-0.15, -0.1) is 0 Å². The van der Waals surface area contributed by atoms with E-state index in [1.54, 1.807) is 13.1 Å². The summed E-state index contributed by atoms with van der Waals surface area (Å²) in [6.07, 6.45) is 1.74. The molecule has 0 saturated heterocycles. The molecule has 0 radical (unpaired) electrons. The van der Waals surface area contributed by atoms with Crippen molar-refractivity contribution >= 4 is 30.3 Å². The number of carbonyl (C=O) groups excluding carboxylic acids is 2. The van der Waals surface area contributed by atoms with Gasteiger partial charge in [0.25, 0.3) is 8.32 Å². The average molecular weight is 569 g/mol. The van der Waals surface area contributed by atoms with Crippen LogP contribution in [0.15, 0.2) is 85.1 Å². The molecule has 1 heterocycles. The van der Waals surface area contributed by atoms with Crippen LogP contribution in [0.1, 0.15) is 61.0 Å². The van der Waals surface area contributed by atoms with E-state index >= 15 is 0 Å². The van der Waals surface area contributed by atoms with Gasteiger partial charge in [-0.2, -0.15) is 0 Å². The lowest BCUT2D eigenvalue weighted by atomic mass is 10.0. The van der Waals surface area contributed by atoms with Crippen LogP contribution >= 0.6 is 0 Å². The van der Waals surface area contributed by atoms with Gasteiger partial charge >= 0.3 is 0 Å². The smallest absolute Gasteiger partial charge is 0.261 e. The molecule has 0 aliphatic rings. The standard InChI is InChI=1S/C34H40N2O4Si/c1-25-17-18-30(31(23-25)26(2)37)33-35-32(27(3)38)24-36(33)19-20-39-21-22-40-41(34(4,5)6,28-13-9-7-10-14-28)29-15-11-8-12-16-29/h7-18,23-24H,19-22H2,1-6H3. The summed E-state index contributed by atoms with van der Waals surface area (Å²) in [6, 6.07) is 26.8. The van der Waals surface area contributed by atoms with Crippen LogP contribution in [0.2, 0.25) is 5.04 Å². The molecule has 0 bridgehead atoms. The predicted octanol–water partition coefficient (Wildman–Crippen LogP) is 5.86. The van der Waals surface area contributed by atoms with Crippen LogP contribution in [-0.4, -0.2) is 49.3 Å². The van der Waals surface area contributed by atoms with Crippen molar-refractivity contribution in [1.29, 1.82) is 0 Å². The number of benzene rings is 3. The van der Waals surface area contributed by atoms with Crippen molar-refractivity contribution in [2.75, 3.05) is 19.8 Å². The van der Waals surface area contributed by atoms with E-state index in [1.807, 2.05) is 41.8 Å². The molecule has 7 heteroatoms. The van der Waals surface area contributed by atoms with E-state index < -0.39 is 8.32 Å². The number of ether oxygens (including phenoxy) is 1. The second-order valence-electron chi connectivity index (χ2n) is 11.4. The number of aromatic nitrogens is 2. The van der Waals surface area contributed by atoms with Crippen LogP contribution in [0, 0.1) is 6.92 Å². The summed E-state index contributed by atoms with van der Waals surface area (Å²) in [4.78, 5) is 29.1. The van der Waals surface area contributed by atoms with E-state index in [1.165, 1.54) is 17.3 Å². The van der Waals surface area contributed by atoms with Crippen molar-refractivity contribution in [3.05, 3.63) is 102 Å². The Morgan fingerprint density at radius 1 is 0.829 bits per heavy atom. The molecule has 0 saturated carbocycles. The lowest BCUT2D eigenvalue weighted by Crippen LogP contribution is -2.66. The maximum Gasteiger partial charge on any atom is 0.261 e. The van der Waals surface area contributed by atoms with Gasteiger partial charge in [0.2, 0.25) is 0 Å². The summed E-state index contributed by atoms with van der Waals surface area (Å²) in [5.41, 5.74) is 2.66. The van der Waals surface area contributed by atoms with Crippen molar-refractivity contribution in [2.45, 2.75) is 53.1 Å². The Morgan fingerprint density at radius 2 is 1.44 bits per heavy atom.